The summed E-state index contributed by atoms with van der Waals surface area (Å²) in [6.07, 6.45) is 2.31. The molecule has 1 aliphatic rings. The topological polar surface area (TPSA) is 93.2 Å². The number of nitrogens with zero attached hydrogens (tertiary/aromatic N) is 2. The predicted molar refractivity (Wildman–Crippen MR) is 96.1 cm³/mol. The first-order valence-corrected chi connectivity index (χ1v) is 9.05. The summed E-state index contributed by atoms with van der Waals surface area (Å²) in [6, 6.07) is 5.32. The molecule has 1 aliphatic heterocycles. The van der Waals surface area contributed by atoms with Gasteiger partial charge in [0.15, 0.2) is 6.61 Å². The number of aromatic nitrogens is 2. The van der Waals surface area contributed by atoms with Crippen LogP contribution in [0.3, 0.4) is 0 Å². The number of nitrogens with one attached hydrogen (secondary N) is 2. The third-order valence-electron chi connectivity index (χ3n) is 3.87. The summed E-state index contributed by atoms with van der Waals surface area (Å²) in [5.74, 6) is 0.588. The van der Waals surface area contributed by atoms with Crippen molar-refractivity contribution < 1.29 is 14.3 Å². The van der Waals surface area contributed by atoms with Gasteiger partial charge in [0, 0.05) is 5.92 Å². The summed E-state index contributed by atoms with van der Waals surface area (Å²) < 4.78 is 5.31. The second-order valence-corrected chi connectivity index (χ2v) is 7.04. The maximum atomic E-state index is 12.2. The largest absolute Gasteiger partial charge is 0.482 e. The van der Waals surface area contributed by atoms with Gasteiger partial charge < -0.3 is 15.4 Å². The normalized spacial score (nSPS) is 14.2. The van der Waals surface area contributed by atoms with Gasteiger partial charge in [0.05, 0.1) is 12.1 Å². The monoisotopic (exact) mass is 360 g/mol. The van der Waals surface area contributed by atoms with Gasteiger partial charge in [-0.2, -0.15) is 0 Å². The number of ether oxygens (including phenoxy) is 1. The van der Waals surface area contributed by atoms with E-state index in [1.54, 1.807) is 12.1 Å². The lowest BCUT2D eigenvalue weighted by Gasteiger charge is -2.18. The minimum Gasteiger partial charge on any atom is -0.482 e. The molecule has 2 aromatic rings. The van der Waals surface area contributed by atoms with Crippen molar-refractivity contribution in [2.75, 3.05) is 17.2 Å². The number of hydrogen-bond donors (Lipinski definition) is 2. The summed E-state index contributed by atoms with van der Waals surface area (Å²) in [6.45, 7) is 4.26. The summed E-state index contributed by atoms with van der Waals surface area (Å²) in [7, 11) is 0. The van der Waals surface area contributed by atoms with Crippen molar-refractivity contribution in [3.8, 4) is 5.75 Å². The number of fused-ring (bicyclic) bond motifs is 1. The van der Waals surface area contributed by atoms with E-state index in [0.29, 0.717) is 22.5 Å². The third-order valence-corrected chi connectivity index (χ3v) is 4.94. The highest BCUT2D eigenvalue weighted by Crippen LogP contribution is 2.29. The minimum atomic E-state index is -0.198. The molecule has 3 rings (SSSR count). The van der Waals surface area contributed by atoms with Gasteiger partial charge in [-0.15, -0.1) is 10.2 Å². The van der Waals surface area contributed by atoms with Crippen LogP contribution < -0.4 is 15.4 Å². The molecule has 132 valence electrons. The van der Waals surface area contributed by atoms with Crippen molar-refractivity contribution in [2.24, 2.45) is 0 Å². The van der Waals surface area contributed by atoms with Crippen molar-refractivity contribution in [1.82, 2.24) is 10.2 Å². The van der Waals surface area contributed by atoms with E-state index < -0.39 is 0 Å². The fourth-order valence-electron chi connectivity index (χ4n) is 2.63. The Morgan fingerprint density at radius 2 is 2.28 bits per heavy atom. The minimum absolute atomic E-state index is 0.0165. The number of carbonyl (C=O) groups excluding carboxylic acids is 2. The lowest BCUT2D eigenvalue weighted by molar-refractivity contribution is -0.118. The van der Waals surface area contributed by atoms with Crippen LogP contribution in [-0.4, -0.2) is 28.6 Å². The van der Waals surface area contributed by atoms with Gasteiger partial charge in [0.2, 0.25) is 11.0 Å². The fraction of sp³-hybridized carbons (Fsp3) is 0.412. The van der Waals surface area contributed by atoms with Crippen LogP contribution in [0.4, 0.5) is 10.8 Å². The lowest BCUT2D eigenvalue weighted by Crippen LogP contribution is -2.25. The van der Waals surface area contributed by atoms with Crippen molar-refractivity contribution in [3.63, 3.8) is 0 Å². The quantitative estimate of drug-likeness (QED) is 0.826. The number of carbonyl (C=O) groups is 2. The van der Waals surface area contributed by atoms with E-state index >= 15 is 0 Å². The third kappa shape index (κ3) is 4.33. The zero-order valence-corrected chi connectivity index (χ0v) is 15.0. The van der Waals surface area contributed by atoms with E-state index in [4.69, 9.17) is 4.74 Å². The van der Waals surface area contributed by atoms with Crippen molar-refractivity contribution in [2.45, 2.75) is 39.0 Å². The molecular formula is C17H20N4O3S. The summed E-state index contributed by atoms with van der Waals surface area (Å²) in [5, 5.41) is 15.2. The predicted octanol–water partition coefficient (Wildman–Crippen LogP) is 2.95. The molecular weight excluding hydrogens is 340 g/mol. The maximum Gasteiger partial charge on any atom is 0.262 e. The maximum absolute atomic E-state index is 12.2. The molecule has 0 spiro atoms. The van der Waals surface area contributed by atoms with Crippen LogP contribution in [0.15, 0.2) is 18.2 Å². The van der Waals surface area contributed by atoms with Gasteiger partial charge in [-0.3, -0.25) is 9.59 Å². The van der Waals surface area contributed by atoms with E-state index in [2.05, 4.69) is 34.7 Å². The molecule has 2 N–H and O–H groups in total. The molecule has 7 nitrogen and oxygen atoms in total. The molecule has 0 unspecified atom stereocenters. The molecule has 0 saturated carbocycles. The molecule has 0 radical (unpaired) electrons. The van der Waals surface area contributed by atoms with Crippen LogP contribution in [0.5, 0.6) is 5.75 Å². The number of rotatable bonds is 6. The van der Waals surface area contributed by atoms with Crippen LogP contribution >= 0.6 is 11.3 Å². The van der Waals surface area contributed by atoms with E-state index in [9.17, 15) is 9.59 Å². The standard InChI is InChI=1S/C17H20N4O3S/c1-3-4-10(2)16-20-21-17(25-16)19-14(22)8-11-5-6-13-12(7-11)18-15(23)9-24-13/h5-7,10H,3-4,8-9H2,1-2H3,(H,18,23)(H,19,21,22)/t10-/m0/s1. The van der Waals surface area contributed by atoms with E-state index in [-0.39, 0.29) is 24.8 Å². The van der Waals surface area contributed by atoms with Gasteiger partial charge in [-0.05, 0) is 24.1 Å². The zero-order valence-electron chi connectivity index (χ0n) is 14.2. The van der Waals surface area contributed by atoms with E-state index in [1.807, 2.05) is 6.07 Å². The van der Waals surface area contributed by atoms with Crippen LogP contribution in [0.1, 0.15) is 43.2 Å². The molecule has 0 saturated heterocycles. The molecule has 0 fully saturated rings. The van der Waals surface area contributed by atoms with E-state index in [1.165, 1.54) is 11.3 Å². The molecule has 1 atom stereocenters. The highest BCUT2D eigenvalue weighted by Gasteiger charge is 2.17. The van der Waals surface area contributed by atoms with Gasteiger partial charge in [-0.25, -0.2) is 0 Å². The molecule has 2 heterocycles. The molecule has 0 aliphatic carbocycles. The van der Waals surface area contributed by atoms with Gasteiger partial charge in [0.1, 0.15) is 10.8 Å². The second-order valence-electron chi connectivity index (χ2n) is 6.03. The lowest BCUT2D eigenvalue weighted by atomic mass is 10.1. The highest BCUT2D eigenvalue weighted by atomic mass is 32.1. The first kappa shape index (κ1) is 17.3. The zero-order chi connectivity index (χ0) is 17.8. The second kappa shape index (κ2) is 7.60. The molecule has 8 heteroatoms. The first-order chi connectivity index (χ1) is 12.0. The smallest absolute Gasteiger partial charge is 0.262 e. The molecule has 2 amide bonds. The Labute approximate surface area is 149 Å². The Bertz CT molecular complexity index is 790. The molecule has 25 heavy (non-hydrogen) atoms. The number of anilines is 2. The summed E-state index contributed by atoms with van der Waals surface area (Å²) >= 11 is 1.41. The van der Waals surface area contributed by atoms with Crippen molar-refractivity contribution in [1.29, 1.82) is 0 Å². The molecule has 1 aromatic heterocycles. The van der Waals surface area contributed by atoms with Crippen LogP contribution in [0, 0.1) is 0 Å². The van der Waals surface area contributed by atoms with Gasteiger partial charge >= 0.3 is 0 Å². The Hall–Kier alpha value is -2.48. The average molecular weight is 360 g/mol. The van der Waals surface area contributed by atoms with Crippen LogP contribution in [0.2, 0.25) is 0 Å². The van der Waals surface area contributed by atoms with Crippen molar-refractivity contribution in [3.05, 3.63) is 28.8 Å². The Morgan fingerprint density at radius 3 is 3.08 bits per heavy atom. The van der Waals surface area contributed by atoms with Crippen LogP contribution in [0.25, 0.3) is 0 Å². The summed E-state index contributed by atoms with van der Waals surface area (Å²) in [5.41, 5.74) is 1.37. The number of amides is 2. The Morgan fingerprint density at radius 1 is 1.44 bits per heavy atom. The first-order valence-electron chi connectivity index (χ1n) is 8.24. The van der Waals surface area contributed by atoms with Gasteiger partial charge in [0.25, 0.3) is 5.91 Å². The van der Waals surface area contributed by atoms with Crippen LogP contribution in [-0.2, 0) is 16.0 Å². The molecule has 1 aromatic carbocycles. The number of hydrogen-bond acceptors (Lipinski definition) is 6. The van der Waals surface area contributed by atoms with Gasteiger partial charge in [-0.1, -0.05) is 37.7 Å². The fourth-order valence-corrected chi connectivity index (χ4v) is 3.48. The Balaban J connectivity index is 1.61. The number of benzene rings is 1. The van der Waals surface area contributed by atoms with E-state index in [0.717, 1.165) is 23.4 Å². The Kier molecular flexibility index (Phi) is 5.28. The SMILES string of the molecule is CCC[C@H](C)c1nnc(NC(=O)Cc2ccc3c(c2)NC(=O)CO3)s1. The summed E-state index contributed by atoms with van der Waals surface area (Å²) in [4.78, 5) is 23.6. The highest BCUT2D eigenvalue weighted by molar-refractivity contribution is 7.15. The average Bonchev–Trinajstić information content (AvgIpc) is 3.03. The van der Waals surface area contributed by atoms with Crippen molar-refractivity contribution >= 4 is 34.0 Å². The molecule has 0 bridgehead atoms.